The third-order valence-electron chi connectivity index (χ3n) is 4.22. The number of nitrogens with zero attached hydrogens (tertiary/aromatic N) is 3. The third-order valence-corrected chi connectivity index (χ3v) is 5.32. The van der Waals surface area contributed by atoms with Crippen LogP contribution in [0, 0.1) is 6.92 Å². The van der Waals surface area contributed by atoms with Gasteiger partial charge in [-0.1, -0.05) is 18.2 Å². The lowest BCUT2D eigenvalue weighted by Gasteiger charge is -2.07. The molecule has 2 N–H and O–H groups in total. The Bertz CT molecular complexity index is 1250. The Morgan fingerprint density at radius 1 is 1.28 bits per heavy atom. The summed E-state index contributed by atoms with van der Waals surface area (Å²) < 4.78 is 44.8. The van der Waals surface area contributed by atoms with Gasteiger partial charge < -0.3 is 15.4 Å². The number of pyridine rings is 1. The summed E-state index contributed by atoms with van der Waals surface area (Å²) in [6.07, 6.45) is -4.64. The van der Waals surface area contributed by atoms with E-state index in [1.165, 1.54) is 6.92 Å². The standard InChI is InChI=1S/C18H11F3N4O3S/c1-8-7-10(18(19,20)21)23-16-11(8)12(22)15(29-16)14(26)13-17(27)28-24-25(13)9-5-3-2-4-6-9/h2-7H,1H3,(H2-,22,24,26,27). The molecule has 3 aromatic heterocycles. The van der Waals surface area contributed by atoms with Crippen LogP contribution in [0.15, 0.2) is 40.9 Å². The number of para-hydroxylation sites is 1. The summed E-state index contributed by atoms with van der Waals surface area (Å²) in [4.78, 5) is 16.5. The molecule has 148 valence electrons. The van der Waals surface area contributed by atoms with Gasteiger partial charge in [0.1, 0.15) is 15.4 Å². The van der Waals surface area contributed by atoms with E-state index in [0.717, 1.165) is 10.7 Å². The number of carbonyl (C=O) groups is 1. The van der Waals surface area contributed by atoms with Gasteiger partial charge in [0.2, 0.25) is 5.69 Å². The van der Waals surface area contributed by atoms with Crippen LogP contribution in [0.3, 0.4) is 0 Å². The molecule has 0 bridgehead atoms. The molecule has 11 heteroatoms. The SMILES string of the molecule is Cc1cc(C(F)(F)F)nc2sc(C(=O)c3c([O-])on[n+]3-c3ccccc3)c(N)c12. The van der Waals surface area contributed by atoms with E-state index in [2.05, 4.69) is 14.8 Å². The van der Waals surface area contributed by atoms with Crippen molar-refractivity contribution < 1.29 is 32.3 Å². The number of nitrogen functional groups attached to an aromatic ring is 1. The van der Waals surface area contributed by atoms with Gasteiger partial charge in [-0.15, -0.1) is 11.3 Å². The lowest BCUT2D eigenvalue weighted by atomic mass is 10.1. The average Bonchev–Trinajstić information content (AvgIpc) is 3.22. The number of aromatic nitrogens is 3. The molecule has 0 unspecified atom stereocenters. The summed E-state index contributed by atoms with van der Waals surface area (Å²) in [6, 6.07) is 9.16. The summed E-state index contributed by atoms with van der Waals surface area (Å²) in [5.41, 5.74) is 5.12. The molecule has 0 saturated heterocycles. The van der Waals surface area contributed by atoms with Crippen molar-refractivity contribution in [1.82, 2.24) is 10.3 Å². The number of alkyl halides is 3. The van der Waals surface area contributed by atoms with Crippen LogP contribution in [0.1, 0.15) is 26.6 Å². The number of nitrogens with two attached hydrogens (primary N) is 1. The second kappa shape index (κ2) is 6.55. The molecule has 0 spiro atoms. The molecule has 1 aromatic carbocycles. The van der Waals surface area contributed by atoms with Crippen LogP contribution in [0.2, 0.25) is 0 Å². The summed E-state index contributed by atoms with van der Waals surface area (Å²) in [5, 5.41) is 16.0. The highest BCUT2D eigenvalue weighted by Gasteiger charge is 2.35. The first kappa shape index (κ1) is 18.9. The molecule has 0 aliphatic heterocycles. The van der Waals surface area contributed by atoms with E-state index in [-0.39, 0.29) is 26.3 Å². The fourth-order valence-corrected chi connectivity index (χ4v) is 4.03. The molecule has 0 saturated carbocycles. The van der Waals surface area contributed by atoms with Crippen LogP contribution in [0.5, 0.6) is 5.95 Å². The van der Waals surface area contributed by atoms with Crippen molar-refractivity contribution in [3.8, 4) is 11.6 Å². The molecule has 4 rings (SSSR count). The first-order valence-corrected chi connectivity index (χ1v) is 8.96. The van der Waals surface area contributed by atoms with Crippen molar-refractivity contribution in [2.24, 2.45) is 0 Å². The average molecular weight is 420 g/mol. The maximum Gasteiger partial charge on any atom is 0.433 e. The predicted molar refractivity (Wildman–Crippen MR) is 94.7 cm³/mol. The number of anilines is 1. The van der Waals surface area contributed by atoms with E-state index in [1.807, 2.05) is 0 Å². The van der Waals surface area contributed by atoms with Gasteiger partial charge in [0.15, 0.2) is 5.95 Å². The summed E-state index contributed by atoms with van der Waals surface area (Å²) in [7, 11) is 0. The highest BCUT2D eigenvalue weighted by Crippen LogP contribution is 2.39. The number of carbonyl (C=O) groups excluding carboxylic acids is 1. The second-order valence-corrected chi connectivity index (χ2v) is 7.13. The van der Waals surface area contributed by atoms with Gasteiger partial charge >= 0.3 is 11.9 Å². The maximum atomic E-state index is 13.1. The van der Waals surface area contributed by atoms with E-state index in [0.29, 0.717) is 17.0 Å². The number of ketones is 1. The zero-order chi connectivity index (χ0) is 20.9. The topological polar surface area (TPSA) is 109 Å². The Kier molecular flexibility index (Phi) is 4.26. The van der Waals surface area contributed by atoms with Gasteiger partial charge in [0, 0.05) is 17.5 Å². The summed E-state index contributed by atoms with van der Waals surface area (Å²) in [6.45, 7) is 1.44. The molecule has 7 nitrogen and oxygen atoms in total. The van der Waals surface area contributed by atoms with Gasteiger partial charge in [-0.3, -0.25) is 4.79 Å². The molecule has 0 radical (unpaired) electrons. The van der Waals surface area contributed by atoms with Crippen LogP contribution < -0.4 is 15.5 Å². The van der Waals surface area contributed by atoms with E-state index >= 15 is 0 Å². The highest BCUT2D eigenvalue weighted by atomic mass is 32.1. The van der Waals surface area contributed by atoms with E-state index < -0.39 is 29.3 Å². The first-order valence-electron chi connectivity index (χ1n) is 8.14. The number of fused-ring (bicyclic) bond motifs is 1. The fourth-order valence-electron chi connectivity index (χ4n) is 2.91. The number of hydrogen-bond acceptors (Lipinski definition) is 7. The van der Waals surface area contributed by atoms with E-state index in [1.54, 1.807) is 30.3 Å². The Labute approximate surface area is 164 Å². The molecule has 4 aromatic rings. The monoisotopic (exact) mass is 420 g/mol. The van der Waals surface area contributed by atoms with Crippen LogP contribution in [0.4, 0.5) is 18.9 Å². The molecule has 0 aliphatic carbocycles. The number of thiophene rings is 1. The molecule has 0 atom stereocenters. The van der Waals surface area contributed by atoms with Crippen LogP contribution in [-0.2, 0) is 6.18 Å². The smallest absolute Gasteiger partial charge is 0.433 e. The van der Waals surface area contributed by atoms with E-state index in [9.17, 15) is 23.1 Å². The number of benzene rings is 1. The fraction of sp³-hybridized carbons (Fsp3) is 0.111. The number of halogens is 3. The van der Waals surface area contributed by atoms with E-state index in [4.69, 9.17) is 5.73 Å². The highest BCUT2D eigenvalue weighted by molar-refractivity contribution is 7.21. The van der Waals surface area contributed by atoms with Gasteiger partial charge in [-0.2, -0.15) is 13.2 Å². The number of hydrogen-bond donors (Lipinski definition) is 1. The second-order valence-electron chi connectivity index (χ2n) is 6.13. The molecular formula is C18H11F3N4O3S. The lowest BCUT2D eigenvalue weighted by molar-refractivity contribution is -0.672. The van der Waals surface area contributed by atoms with Gasteiger partial charge in [-0.05, 0) is 23.2 Å². The largest absolute Gasteiger partial charge is 0.539 e. The number of rotatable bonds is 3. The lowest BCUT2D eigenvalue weighted by Crippen LogP contribution is -2.39. The Hall–Kier alpha value is -3.47. The zero-order valence-corrected chi connectivity index (χ0v) is 15.5. The van der Waals surface area contributed by atoms with Crippen molar-refractivity contribution in [2.45, 2.75) is 13.1 Å². The first-order chi connectivity index (χ1) is 13.7. The summed E-state index contributed by atoms with van der Waals surface area (Å²) in [5.74, 6) is -1.80. The molecular weight excluding hydrogens is 409 g/mol. The van der Waals surface area contributed by atoms with Crippen LogP contribution in [-0.4, -0.2) is 16.0 Å². The molecule has 3 heterocycles. The normalized spacial score (nSPS) is 11.9. The van der Waals surface area contributed by atoms with Crippen molar-refractivity contribution >= 4 is 33.0 Å². The minimum Gasteiger partial charge on any atom is -0.539 e. The van der Waals surface area contributed by atoms with Crippen molar-refractivity contribution in [2.75, 3.05) is 5.73 Å². The van der Waals surface area contributed by atoms with Crippen LogP contribution >= 0.6 is 11.3 Å². The molecule has 29 heavy (non-hydrogen) atoms. The summed E-state index contributed by atoms with van der Waals surface area (Å²) >= 11 is 0.680. The molecule has 0 amide bonds. The molecule has 0 aliphatic rings. The zero-order valence-electron chi connectivity index (χ0n) is 14.6. The van der Waals surface area contributed by atoms with Gasteiger partial charge in [0.25, 0.3) is 5.78 Å². The van der Waals surface area contributed by atoms with Gasteiger partial charge in [0.05, 0.1) is 11.0 Å². The van der Waals surface area contributed by atoms with Crippen molar-refractivity contribution in [3.63, 3.8) is 0 Å². The van der Waals surface area contributed by atoms with Crippen LogP contribution in [0.25, 0.3) is 15.9 Å². The Morgan fingerprint density at radius 2 is 1.97 bits per heavy atom. The minimum atomic E-state index is -4.64. The third kappa shape index (κ3) is 3.09. The Morgan fingerprint density at radius 3 is 2.62 bits per heavy atom. The van der Waals surface area contributed by atoms with Crippen molar-refractivity contribution in [1.29, 1.82) is 0 Å². The number of aryl methyl sites for hydroxylation is 1. The van der Waals surface area contributed by atoms with Crippen molar-refractivity contribution in [3.05, 3.63) is 58.2 Å². The van der Waals surface area contributed by atoms with Gasteiger partial charge in [-0.25, -0.2) is 4.98 Å². The molecule has 0 fully saturated rings. The predicted octanol–water partition coefficient (Wildman–Crippen LogP) is 2.78. The minimum absolute atomic E-state index is 0.0473. The quantitative estimate of drug-likeness (QED) is 0.403. The Balaban J connectivity index is 1.89. The maximum absolute atomic E-state index is 13.1.